The minimum absolute atomic E-state index is 0. The van der Waals surface area contributed by atoms with E-state index in [1.165, 1.54) is 12.8 Å². The first-order valence-electron chi connectivity index (χ1n) is 7.67. The standard InChI is InChI=1S/C17H20Cl2N2O.2ClH/c18-14-7-13(8-15(19)9-14)17-2-1-16(22-17)11-21-10-12-3-5-20-6-4-12;;/h1-2,7-9,12,20-21H,3-6,10-11H2;2*1H/p-2. The van der Waals surface area contributed by atoms with Crippen LogP contribution in [0.4, 0.5) is 0 Å². The highest BCUT2D eigenvalue weighted by atomic mass is 35.5. The van der Waals surface area contributed by atoms with Gasteiger partial charge in [-0.2, -0.15) is 0 Å². The van der Waals surface area contributed by atoms with Gasteiger partial charge >= 0.3 is 0 Å². The van der Waals surface area contributed by atoms with Crippen molar-refractivity contribution in [1.29, 1.82) is 0 Å². The minimum Gasteiger partial charge on any atom is -1.00 e. The number of furan rings is 1. The summed E-state index contributed by atoms with van der Waals surface area (Å²) in [5.41, 5.74) is 0.905. The maximum absolute atomic E-state index is 6.03. The molecule has 0 amide bonds. The molecule has 2 heterocycles. The first kappa shape index (κ1) is 21.6. The molecule has 0 saturated carbocycles. The van der Waals surface area contributed by atoms with Gasteiger partial charge in [0.25, 0.3) is 0 Å². The van der Waals surface area contributed by atoms with E-state index >= 15 is 0 Å². The van der Waals surface area contributed by atoms with E-state index in [1.807, 2.05) is 24.3 Å². The molecule has 0 aliphatic carbocycles. The summed E-state index contributed by atoms with van der Waals surface area (Å²) in [6.45, 7) is 4.05. The molecule has 1 aliphatic rings. The largest absolute Gasteiger partial charge is 1.00 e. The molecule has 0 unspecified atom stereocenters. The van der Waals surface area contributed by atoms with Gasteiger partial charge in [-0.15, -0.1) is 0 Å². The number of nitrogens with one attached hydrogen (secondary N) is 2. The predicted octanol–water partition coefficient (Wildman–Crippen LogP) is -1.65. The summed E-state index contributed by atoms with van der Waals surface area (Å²) in [4.78, 5) is 0. The molecule has 7 heteroatoms. The molecule has 2 aromatic rings. The number of hydrogen-bond acceptors (Lipinski definition) is 3. The molecule has 1 fully saturated rings. The summed E-state index contributed by atoms with van der Waals surface area (Å²) in [6.07, 6.45) is 2.49. The average Bonchev–Trinajstić information content (AvgIpc) is 2.96. The fourth-order valence-corrected chi connectivity index (χ4v) is 3.34. The van der Waals surface area contributed by atoms with E-state index in [2.05, 4.69) is 10.6 Å². The van der Waals surface area contributed by atoms with E-state index in [0.29, 0.717) is 10.0 Å². The predicted molar refractivity (Wildman–Crippen MR) is 91.5 cm³/mol. The number of rotatable bonds is 5. The third-order valence-corrected chi connectivity index (χ3v) is 4.44. The summed E-state index contributed by atoms with van der Waals surface area (Å²) in [5, 5.41) is 8.10. The Morgan fingerprint density at radius 3 is 2.38 bits per heavy atom. The van der Waals surface area contributed by atoms with E-state index in [9.17, 15) is 0 Å². The Morgan fingerprint density at radius 1 is 1.04 bits per heavy atom. The monoisotopic (exact) mass is 408 g/mol. The van der Waals surface area contributed by atoms with Crippen LogP contribution < -0.4 is 35.4 Å². The molecule has 0 atom stereocenters. The van der Waals surface area contributed by atoms with Crippen molar-refractivity contribution in [3.05, 3.63) is 46.1 Å². The SMILES string of the molecule is Clc1cc(Cl)cc(-c2ccc(CNCC3CCNCC3)o2)c1.[Cl-].[Cl-]. The van der Waals surface area contributed by atoms with Crippen LogP contribution >= 0.6 is 23.2 Å². The molecule has 1 aromatic heterocycles. The lowest BCUT2D eigenvalue weighted by molar-refractivity contribution is -0.001000. The van der Waals surface area contributed by atoms with Crippen LogP contribution in [-0.4, -0.2) is 19.6 Å². The zero-order valence-corrected chi connectivity index (χ0v) is 16.2. The molecule has 1 aliphatic heterocycles. The number of halogens is 4. The van der Waals surface area contributed by atoms with E-state index in [1.54, 1.807) is 6.07 Å². The molecule has 3 rings (SSSR count). The van der Waals surface area contributed by atoms with Gasteiger partial charge in [-0.05, 0) is 68.7 Å². The zero-order chi connectivity index (χ0) is 15.4. The first-order valence-corrected chi connectivity index (χ1v) is 8.43. The Morgan fingerprint density at radius 2 is 1.71 bits per heavy atom. The van der Waals surface area contributed by atoms with E-state index in [-0.39, 0.29) is 24.8 Å². The van der Waals surface area contributed by atoms with Crippen LogP contribution in [-0.2, 0) is 6.54 Å². The lowest BCUT2D eigenvalue weighted by Crippen LogP contribution is -3.00. The van der Waals surface area contributed by atoms with Crippen molar-refractivity contribution in [3.63, 3.8) is 0 Å². The maximum Gasteiger partial charge on any atom is 0.134 e. The molecule has 0 spiro atoms. The Labute approximate surface area is 165 Å². The van der Waals surface area contributed by atoms with Crippen LogP contribution in [0.15, 0.2) is 34.7 Å². The van der Waals surface area contributed by atoms with Gasteiger partial charge < -0.3 is 39.9 Å². The highest BCUT2D eigenvalue weighted by Gasteiger charge is 2.12. The molecule has 3 nitrogen and oxygen atoms in total. The van der Waals surface area contributed by atoms with Crippen molar-refractivity contribution in [2.45, 2.75) is 19.4 Å². The highest BCUT2D eigenvalue weighted by Crippen LogP contribution is 2.28. The maximum atomic E-state index is 6.03. The second-order valence-corrected chi connectivity index (χ2v) is 6.62. The van der Waals surface area contributed by atoms with Gasteiger partial charge in [0, 0.05) is 15.6 Å². The number of piperidine rings is 1. The highest BCUT2D eigenvalue weighted by molar-refractivity contribution is 6.35. The van der Waals surface area contributed by atoms with Crippen molar-refractivity contribution in [3.8, 4) is 11.3 Å². The van der Waals surface area contributed by atoms with Gasteiger partial charge in [0.05, 0.1) is 6.54 Å². The Kier molecular flexibility index (Phi) is 9.50. The van der Waals surface area contributed by atoms with Crippen LogP contribution in [0.25, 0.3) is 11.3 Å². The molecular formula is C17H20Cl4N2O-2. The molecule has 0 radical (unpaired) electrons. The molecule has 1 saturated heterocycles. The fraction of sp³-hybridized carbons (Fsp3) is 0.412. The van der Waals surface area contributed by atoms with Crippen LogP contribution in [0.3, 0.4) is 0 Å². The average molecular weight is 410 g/mol. The van der Waals surface area contributed by atoms with Crippen LogP contribution in [0.2, 0.25) is 10.0 Å². The van der Waals surface area contributed by atoms with E-state index < -0.39 is 0 Å². The van der Waals surface area contributed by atoms with Gasteiger partial charge in [0.15, 0.2) is 0 Å². The van der Waals surface area contributed by atoms with Gasteiger partial charge in [-0.3, -0.25) is 0 Å². The normalized spacial score (nSPS) is 14.8. The zero-order valence-electron chi connectivity index (χ0n) is 13.1. The lowest BCUT2D eigenvalue weighted by Gasteiger charge is -2.22. The Hall–Kier alpha value is -0.420. The van der Waals surface area contributed by atoms with Crippen molar-refractivity contribution in [2.24, 2.45) is 5.92 Å². The van der Waals surface area contributed by atoms with E-state index in [0.717, 1.165) is 49.2 Å². The second kappa shape index (κ2) is 10.5. The molecular weight excluding hydrogens is 390 g/mol. The fourth-order valence-electron chi connectivity index (χ4n) is 2.81. The van der Waals surface area contributed by atoms with E-state index in [4.69, 9.17) is 27.6 Å². The van der Waals surface area contributed by atoms with Gasteiger partial charge in [0.2, 0.25) is 0 Å². The molecule has 0 bridgehead atoms. The third-order valence-electron chi connectivity index (χ3n) is 4.00. The van der Waals surface area contributed by atoms with Crippen molar-refractivity contribution < 1.29 is 29.2 Å². The second-order valence-electron chi connectivity index (χ2n) is 5.75. The van der Waals surface area contributed by atoms with Crippen LogP contribution in [0, 0.1) is 5.92 Å². The summed E-state index contributed by atoms with van der Waals surface area (Å²) >= 11 is 12.1. The quantitative estimate of drug-likeness (QED) is 0.621. The minimum atomic E-state index is 0. The van der Waals surface area contributed by atoms with Crippen molar-refractivity contribution in [1.82, 2.24) is 10.6 Å². The number of hydrogen-bond donors (Lipinski definition) is 2. The Balaban J connectivity index is 0.00000144. The molecule has 24 heavy (non-hydrogen) atoms. The van der Waals surface area contributed by atoms with Crippen molar-refractivity contribution in [2.75, 3.05) is 19.6 Å². The Bertz CT molecular complexity index is 607. The molecule has 1 aromatic carbocycles. The lowest BCUT2D eigenvalue weighted by atomic mass is 9.98. The van der Waals surface area contributed by atoms with Gasteiger partial charge in [0.1, 0.15) is 11.5 Å². The number of benzene rings is 1. The van der Waals surface area contributed by atoms with Crippen LogP contribution in [0.1, 0.15) is 18.6 Å². The summed E-state index contributed by atoms with van der Waals surface area (Å²) in [5.74, 6) is 2.49. The van der Waals surface area contributed by atoms with Crippen LogP contribution in [0.5, 0.6) is 0 Å². The molecule has 2 N–H and O–H groups in total. The van der Waals surface area contributed by atoms with Gasteiger partial charge in [-0.1, -0.05) is 23.2 Å². The summed E-state index contributed by atoms with van der Waals surface area (Å²) < 4.78 is 5.88. The van der Waals surface area contributed by atoms with Crippen molar-refractivity contribution >= 4 is 23.2 Å². The topological polar surface area (TPSA) is 37.2 Å². The third kappa shape index (κ3) is 6.14. The summed E-state index contributed by atoms with van der Waals surface area (Å²) in [6, 6.07) is 9.40. The summed E-state index contributed by atoms with van der Waals surface area (Å²) in [7, 11) is 0. The molecule has 134 valence electrons. The smallest absolute Gasteiger partial charge is 0.134 e. The first-order chi connectivity index (χ1) is 10.7. The van der Waals surface area contributed by atoms with Gasteiger partial charge in [-0.25, -0.2) is 0 Å².